The number of nitrogens with one attached hydrogen (secondary N) is 2. The summed E-state index contributed by atoms with van der Waals surface area (Å²) in [5.74, 6) is -0.173. The Morgan fingerprint density at radius 1 is 1.20 bits per heavy atom. The number of aliphatic hydroxyl groups excluding tert-OH is 3. The molecule has 1 amide bonds. The summed E-state index contributed by atoms with van der Waals surface area (Å²) in [6.07, 6.45) is -0.741. The topological polar surface area (TPSA) is 120 Å². The molecule has 1 aromatic rings. The molecule has 10 heteroatoms. The standard InChI is InChI=1S/C25H35ClN2O6S/c1-12-4-6-14(7-5-12)15-8-9-33-22-16(10-15)11-27-18(22)24(32)28-17(13(2)26)23-20(30)19(29)21(31)25(34-23)35-3/h4-8,13,16-23,25,27,29-31H,9-11H2,1-3H3,(H,28,32)/t13-,16-,17+,18-,19?,20?,21+,22+,23+,25?/m0/s1. The van der Waals surface area contributed by atoms with E-state index in [1.165, 1.54) is 22.9 Å². The predicted molar refractivity (Wildman–Crippen MR) is 136 cm³/mol. The van der Waals surface area contributed by atoms with Gasteiger partial charge < -0.3 is 35.4 Å². The number of aliphatic hydroxyl groups is 3. The van der Waals surface area contributed by atoms with E-state index in [0.717, 1.165) is 12.0 Å². The Kier molecular flexibility index (Phi) is 8.82. The molecular formula is C25H35ClN2O6S. The Morgan fingerprint density at radius 2 is 1.91 bits per heavy atom. The quantitative estimate of drug-likeness (QED) is 0.349. The molecule has 35 heavy (non-hydrogen) atoms. The molecule has 2 saturated heterocycles. The first-order valence-electron chi connectivity index (χ1n) is 12.0. The van der Waals surface area contributed by atoms with Crippen molar-refractivity contribution in [1.82, 2.24) is 10.6 Å². The van der Waals surface area contributed by atoms with E-state index in [0.29, 0.717) is 13.2 Å². The molecule has 3 unspecified atom stereocenters. The van der Waals surface area contributed by atoms with Gasteiger partial charge >= 0.3 is 0 Å². The van der Waals surface area contributed by atoms with Crippen LogP contribution in [0.2, 0.25) is 0 Å². The number of rotatable bonds is 6. The van der Waals surface area contributed by atoms with Crippen molar-refractivity contribution in [3.63, 3.8) is 0 Å². The molecule has 0 aliphatic carbocycles. The Bertz CT molecular complexity index is 914. The van der Waals surface area contributed by atoms with Gasteiger partial charge in [0.1, 0.15) is 35.9 Å². The summed E-state index contributed by atoms with van der Waals surface area (Å²) in [6, 6.07) is 7.04. The van der Waals surface area contributed by atoms with E-state index in [1.807, 2.05) is 0 Å². The number of allylic oxidation sites excluding steroid dienone is 1. The van der Waals surface area contributed by atoms with E-state index in [2.05, 4.69) is 47.9 Å². The van der Waals surface area contributed by atoms with Gasteiger partial charge in [-0.1, -0.05) is 35.9 Å². The van der Waals surface area contributed by atoms with Crippen LogP contribution in [0, 0.1) is 12.8 Å². The van der Waals surface area contributed by atoms with Crippen LogP contribution in [0.15, 0.2) is 30.3 Å². The van der Waals surface area contributed by atoms with Crippen molar-refractivity contribution in [3.8, 4) is 0 Å². The molecule has 0 aromatic heterocycles. The lowest BCUT2D eigenvalue weighted by molar-refractivity contribution is -0.205. The van der Waals surface area contributed by atoms with Crippen LogP contribution in [-0.4, -0.2) is 94.1 Å². The lowest BCUT2D eigenvalue weighted by Crippen LogP contribution is -2.65. The lowest BCUT2D eigenvalue weighted by atomic mass is 9.90. The Balaban J connectivity index is 1.44. The number of aryl methyl sites for hydroxylation is 1. The van der Waals surface area contributed by atoms with Gasteiger partial charge in [0.2, 0.25) is 5.91 Å². The summed E-state index contributed by atoms with van der Waals surface area (Å²) in [7, 11) is 0. The van der Waals surface area contributed by atoms with Gasteiger partial charge in [-0.2, -0.15) is 0 Å². The summed E-state index contributed by atoms with van der Waals surface area (Å²) in [5, 5.41) is 36.7. The first kappa shape index (κ1) is 26.9. The van der Waals surface area contributed by atoms with Crippen molar-refractivity contribution < 1.29 is 29.6 Å². The number of carbonyl (C=O) groups excluding carboxylic acids is 1. The van der Waals surface area contributed by atoms with E-state index in [1.54, 1.807) is 13.2 Å². The van der Waals surface area contributed by atoms with Crippen LogP contribution in [0.4, 0.5) is 0 Å². The number of hydrogen-bond donors (Lipinski definition) is 5. The van der Waals surface area contributed by atoms with Gasteiger partial charge in [0.25, 0.3) is 0 Å². The minimum Gasteiger partial charge on any atom is -0.388 e. The van der Waals surface area contributed by atoms with Gasteiger partial charge in [-0.3, -0.25) is 4.79 Å². The molecule has 3 aliphatic heterocycles. The zero-order valence-corrected chi connectivity index (χ0v) is 21.7. The van der Waals surface area contributed by atoms with Crippen LogP contribution < -0.4 is 10.6 Å². The third-order valence-electron chi connectivity index (χ3n) is 7.19. The highest BCUT2D eigenvalue weighted by molar-refractivity contribution is 7.99. The van der Waals surface area contributed by atoms with E-state index in [-0.39, 0.29) is 17.9 Å². The summed E-state index contributed by atoms with van der Waals surface area (Å²) in [5.41, 5.74) is 2.83. The molecule has 0 spiro atoms. The first-order valence-corrected chi connectivity index (χ1v) is 13.7. The average Bonchev–Trinajstić information content (AvgIpc) is 3.12. The zero-order valence-electron chi connectivity index (χ0n) is 20.1. The number of alkyl halides is 1. The van der Waals surface area contributed by atoms with Crippen molar-refractivity contribution in [3.05, 3.63) is 41.5 Å². The molecule has 10 atom stereocenters. The number of carbonyl (C=O) groups is 1. The fraction of sp³-hybridized carbons (Fsp3) is 0.640. The molecule has 5 N–H and O–H groups in total. The molecule has 0 radical (unpaired) electrons. The zero-order chi connectivity index (χ0) is 25.3. The largest absolute Gasteiger partial charge is 0.388 e. The second-order valence-electron chi connectivity index (χ2n) is 9.63. The number of halogens is 1. The molecule has 8 nitrogen and oxygen atoms in total. The SMILES string of the molecule is CSC1O[C@H]([C@H](NC(=O)[C@H]2NC[C@@H]3CC(c4ccc(C)cc4)=CCO[C@H]32)[C@H](C)Cl)C(O)C(O)[C@H]1O. The highest BCUT2D eigenvalue weighted by atomic mass is 35.5. The number of ether oxygens (including phenoxy) is 2. The maximum atomic E-state index is 13.4. The summed E-state index contributed by atoms with van der Waals surface area (Å²) < 4.78 is 12.0. The van der Waals surface area contributed by atoms with Crippen molar-refractivity contribution in [2.24, 2.45) is 5.92 Å². The maximum absolute atomic E-state index is 13.4. The third kappa shape index (κ3) is 5.72. The van der Waals surface area contributed by atoms with Crippen molar-refractivity contribution >= 4 is 34.8 Å². The van der Waals surface area contributed by atoms with E-state index in [4.69, 9.17) is 21.1 Å². The lowest BCUT2D eigenvalue weighted by Gasteiger charge is -2.44. The van der Waals surface area contributed by atoms with Crippen molar-refractivity contribution in [2.75, 3.05) is 19.4 Å². The summed E-state index contributed by atoms with van der Waals surface area (Å²) >= 11 is 7.63. The van der Waals surface area contributed by atoms with Gasteiger partial charge in [0.15, 0.2) is 0 Å². The Morgan fingerprint density at radius 3 is 2.57 bits per heavy atom. The summed E-state index contributed by atoms with van der Waals surface area (Å²) in [4.78, 5) is 13.4. The van der Waals surface area contributed by atoms with Crippen LogP contribution >= 0.6 is 23.4 Å². The molecule has 2 fully saturated rings. The highest BCUT2D eigenvalue weighted by Crippen LogP contribution is 2.34. The number of fused-ring (bicyclic) bond motifs is 1. The second-order valence-corrected chi connectivity index (χ2v) is 11.3. The van der Waals surface area contributed by atoms with E-state index in [9.17, 15) is 20.1 Å². The molecule has 0 saturated carbocycles. The normalized spacial score (nSPS) is 37.1. The van der Waals surface area contributed by atoms with Crippen molar-refractivity contribution in [2.45, 2.75) is 73.7 Å². The minimum atomic E-state index is -1.41. The monoisotopic (exact) mass is 526 g/mol. The molecule has 3 aliphatic rings. The number of thioether (sulfide) groups is 1. The molecule has 0 bridgehead atoms. The van der Waals surface area contributed by atoms with Crippen LogP contribution in [0.5, 0.6) is 0 Å². The minimum absolute atomic E-state index is 0.127. The van der Waals surface area contributed by atoms with Crippen LogP contribution in [-0.2, 0) is 14.3 Å². The van der Waals surface area contributed by atoms with Crippen LogP contribution in [0.25, 0.3) is 5.57 Å². The molecule has 4 rings (SSSR count). The van der Waals surface area contributed by atoms with Gasteiger partial charge in [-0.25, -0.2) is 0 Å². The highest BCUT2D eigenvalue weighted by Gasteiger charge is 2.49. The Labute approximate surface area is 215 Å². The number of hydrogen-bond acceptors (Lipinski definition) is 8. The molecule has 1 aromatic carbocycles. The van der Waals surface area contributed by atoms with Gasteiger partial charge in [-0.05, 0) is 37.7 Å². The van der Waals surface area contributed by atoms with Crippen LogP contribution in [0.1, 0.15) is 24.5 Å². The molecule has 3 heterocycles. The van der Waals surface area contributed by atoms with E-state index >= 15 is 0 Å². The van der Waals surface area contributed by atoms with Crippen LogP contribution in [0.3, 0.4) is 0 Å². The van der Waals surface area contributed by atoms with Crippen molar-refractivity contribution in [1.29, 1.82) is 0 Å². The van der Waals surface area contributed by atoms with Gasteiger partial charge in [0, 0.05) is 12.5 Å². The van der Waals surface area contributed by atoms with Gasteiger partial charge in [0.05, 0.1) is 24.1 Å². The fourth-order valence-corrected chi connectivity index (χ4v) is 6.04. The first-order chi connectivity index (χ1) is 16.7. The fourth-order valence-electron chi connectivity index (χ4n) is 5.15. The molecule has 194 valence electrons. The predicted octanol–water partition coefficient (Wildman–Crippen LogP) is 1.04. The third-order valence-corrected chi connectivity index (χ3v) is 8.32. The molecular weight excluding hydrogens is 492 g/mol. The smallest absolute Gasteiger partial charge is 0.240 e. The second kappa shape index (κ2) is 11.5. The summed E-state index contributed by atoms with van der Waals surface area (Å²) in [6.45, 7) is 4.80. The Hall–Kier alpha value is -1.17. The van der Waals surface area contributed by atoms with Gasteiger partial charge in [-0.15, -0.1) is 23.4 Å². The average molecular weight is 527 g/mol. The van der Waals surface area contributed by atoms with E-state index < -0.39 is 47.3 Å². The number of amides is 1. The maximum Gasteiger partial charge on any atom is 0.240 e. The number of benzene rings is 1.